The van der Waals surface area contributed by atoms with Crippen LogP contribution in [-0.4, -0.2) is 11.1 Å². The minimum Gasteiger partial charge on any atom is -0.481 e. The maximum Gasteiger partial charge on any atom is 0.303 e. The molecule has 1 rings (SSSR count). The predicted octanol–water partition coefficient (Wildman–Crippen LogP) is 2.29. The first-order valence-corrected chi connectivity index (χ1v) is 4.24. The summed E-state index contributed by atoms with van der Waals surface area (Å²) in [4.78, 5) is 10.3. The number of carboxylic acid groups (broad SMARTS) is 1. The van der Waals surface area contributed by atoms with Crippen molar-refractivity contribution < 1.29 is 9.90 Å². The lowest BCUT2D eigenvalue weighted by Crippen LogP contribution is -2.15. The summed E-state index contributed by atoms with van der Waals surface area (Å²) in [6.45, 7) is 4.35. The molecule has 0 heterocycles. The van der Waals surface area contributed by atoms with Gasteiger partial charge in [-0.25, -0.2) is 0 Å². The molecule has 1 aliphatic carbocycles. The van der Waals surface area contributed by atoms with E-state index in [2.05, 4.69) is 13.8 Å². The summed E-state index contributed by atoms with van der Waals surface area (Å²) in [5, 5.41) is 8.48. The van der Waals surface area contributed by atoms with Crippen molar-refractivity contribution in [3.63, 3.8) is 0 Å². The fourth-order valence-corrected chi connectivity index (χ4v) is 1.50. The molecule has 0 aliphatic heterocycles. The normalized spacial score (nSPS) is 18.4. The Balaban J connectivity index is 2.27. The molecule has 0 atom stereocenters. The molecule has 11 heavy (non-hydrogen) atoms. The van der Waals surface area contributed by atoms with E-state index >= 15 is 0 Å². The maximum absolute atomic E-state index is 10.3. The Bertz CT molecular complexity index is 157. The Morgan fingerprint density at radius 2 is 2.09 bits per heavy atom. The molecule has 0 aromatic rings. The van der Waals surface area contributed by atoms with E-state index in [4.69, 9.17) is 5.11 Å². The van der Waals surface area contributed by atoms with E-state index in [0.29, 0.717) is 6.42 Å². The molecule has 0 aromatic heterocycles. The number of hydrogen-bond acceptors (Lipinski definition) is 1. The van der Waals surface area contributed by atoms with Gasteiger partial charge in [-0.05, 0) is 30.6 Å². The van der Waals surface area contributed by atoms with Crippen LogP contribution >= 0.6 is 0 Å². The quantitative estimate of drug-likeness (QED) is 0.678. The van der Waals surface area contributed by atoms with Crippen LogP contribution in [0.1, 0.15) is 39.5 Å². The summed E-state index contributed by atoms with van der Waals surface area (Å²) in [6.07, 6.45) is 3.75. The van der Waals surface area contributed by atoms with Crippen molar-refractivity contribution in [2.24, 2.45) is 11.3 Å². The van der Waals surface area contributed by atoms with Gasteiger partial charge < -0.3 is 5.11 Å². The number of carbonyl (C=O) groups is 1. The summed E-state index contributed by atoms with van der Waals surface area (Å²) in [7, 11) is 0. The molecule has 2 nitrogen and oxygen atoms in total. The van der Waals surface area contributed by atoms with E-state index in [1.807, 2.05) is 0 Å². The van der Waals surface area contributed by atoms with Gasteiger partial charge in [0, 0.05) is 6.42 Å². The van der Waals surface area contributed by atoms with Gasteiger partial charge in [-0.2, -0.15) is 0 Å². The Kier molecular flexibility index (Phi) is 2.21. The first-order chi connectivity index (χ1) is 5.02. The zero-order chi connectivity index (χ0) is 8.48. The van der Waals surface area contributed by atoms with Crippen molar-refractivity contribution >= 4 is 5.97 Å². The van der Waals surface area contributed by atoms with Gasteiger partial charge in [-0.1, -0.05) is 13.8 Å². The minimum absolute atomic E-state index is 0.262. The molecule has 64 valence electrons. The Morgan fingerprint density at radius 3 is 2.45 bits per heavy atom. The average Bonchev–Trinajstić information content (AvgIpc) is 2.64. The highest BCUT2D eigenvalue weighted by Gasteiger charge is 2.37. The van der Waals surface area contributed by atoms with Crippen LogP contribution in [0.5, 0.6) is 0 Å². The third-order valence-electron chi connectivity index (χ3n) is 2.67. The molecule has 0 spiro atoms. The lowest BCUT2D eigenvalue weighted by molar-refractivity contribution is -0.137. The molecule has 0 saturated heterocycles. The molecule has 1 fully saturated rings. The fourth-order valence-electron chi connectivity index (χ4n) is 1.50. The highest BCUT2D eigenvalue weighted by molar-refractivity contribution is 5.66. The van der Waals surface area contributed by atoms with E-state index in [9.17, 15) is 4.79 Å². The molecule has 0 aromatic carbocycles. The first-order valence-electron chi connectivity index (χ1n) is 4.24. The van der Waals surface area contributed by atoms with Gasteiger partial charge in [0.25, 0.3) is 0 Å². The lowest BCUT2D eigenvalue weighted by atomic mass is 9.83. The van der Waals surface area contributed by atoms with Crippen molar-refractivity contribution in [2.45, 2.75) is 39.5 Å². The van der Waals surface area contributed by atoms with E-state index in [-0.39, 0.29) is 5.41 Å². The fraction of sp³-hybridized carbons (Fsp3) is 0.889. The van der Waals surface area contributed by atoms with Gasteiger partial charge in [0.1, 0.15) is 0 Å². The molecule has 2 heteroatoms. The predicted molar refractivity (Wildman–Crippen MR) is 43.4 cm³/mol. The van der Waals surface area contributed by atoms with Crippen LogP contribution < -0.4 is 0 Å². The number of rotatable bonds is 4. The van der Waals surface area contributed by atoms with E-state index in [1.54, 1.807) is 0 Å². The van der Waals surface area contributed by atoms with Crippen molar-refractivity contribution in [3.8, 4) is 0 Å². The van der Waals surface area contributed by atoms with Crippen LogP contribution in [0.4, 0.5) is 0 Å². The third-order valence-corrected chi connectivity index (χ3v) is 2.67. The minimum atomic E-state index is -0.668. The van der Waals surface area contributed by atoms with Crippen LogP contribution in [-0.2, 0) is 4.79 Å². The molecule has 0 amide bonds. The monoisotopic (exact) mass is 156 g/mol. The summed E-state index contributed by atoms with van der Waals surface area (Å²) >= 11 is 0. The van der Waals surface area contributed by atoms with Crippen LogP contribution in [0, 0.1) is 11.3 Å². The van der Waals surface area contributed by atoms with Crippen molar-refractivity contribution in [2.75, 3.05) is 0 Å². The third kappa shape index (κ3) is 2.52. The number of carboxylic acids is 1. The smallest absolute Gasteiger partial charge is 0.303 e. The van der Waals surface area contributed by atoms with E-state index in [1.165, 1.54) is 12.8 Å². The second kappa shape index (κ2) is 2.84. The SMILES string of the molecule is CC(C)(CCC(=O)O)C1CC1. The standard InChI is InChI=1S/C9H16O2/c1-9(2,7-3-4-7)6-5-8(10)11/h7H,3-6H2,1-2H3,(H,10,11). The summed E-state index contributed by atoms with van der Waals surface area (Å²) in [5.74, 6) is 0.126. The topological polar surface area (TPSA) is 37.3 Å². The second-order valence-electron chi connectivity index (χ2n) is 4.16. The summed E-state index contributed by atoms with van der Waals surface area (Å²) in [5.41, 5.74) is 0.262. The van der Waals surface area contributed by atoms with Crippen LogP contribution in [0.15, 0.2) is 0 Å². The van der Waals surface area contributed by atoms with Crippen LogP contribution in [0.3, 0.4) is 0 Å². The molecule has 1 N–H and O–H groups in total. The van der Waals surface area contributed by atoms with E-state index in [0.717, 1.165) is 12.3 Å². The largest absolute Gasteiger partial charge is 0.481 e. The zero-order valence-corrected chi connectivity index (χ0v) is 7.26. The Labute approximate surface area is 67.6 Å². The van der Waals surface area contributed by atoms with Crippen molar-refractivity contribution in [1.29, 1.82) is 0 Å². The molecular formula is C9H16O2. The van der Waals surface area contributed by atoms with Crippen LogP contribution in [0.2, 0.25) is 0 Å². The van der Waals surface area contributed by atoms with E-state index < -0.39 is 5.97 Å². The maximum atomic E-state index is 10.3. The molecule has 1 aliphatic rings. The molecular weight excluding hydrogens is 140 g/mol. The second-order valence-corrected chi connectivity index (χ2v) is 4.16. The van der Waals surface area contributed by atoms with Gasteiger partial charge in [0.2, 0.25) is 0 Å². The van der Waals surface area contributed by atoms with Gasteiger partial charge in [-0.15, -0.1) is 0 Å². The van der Waals surface area contributed by atoms with Crippen molar-refractivity contribution in [1.82, 2.24) is 0 Å². The average molecular weight is 156 g/mol. The lowest BCUT2D eigenvalue weighted by Gasteiger charge is -2.22. The number of hydrogen-bond donors (Lipinski definition) is 1. The molecule has 0 radical (unpaired) electrons. The van der Waals surface area contributed by atoms with Gasteiger partial charge in [-0.3, -0.25) is 4.79 Å². The Morgan fingerprint density at radius 1 is 1.55 bits per heavy atom. The Hall–Kier alpha value is -0.530. The first kappa shape index (κ1) is 8.57. The summed E-state index contributed by atoms with van der Waals surface area (Å²) in [6, 6.07) is 0. The highest BCUT2D eigenvalue weighted by atomic mass is 16.4. The van der Waals surface area contributed by atoms with Gasteiger partial charge >= 0.3 is 5.97 Å². The van der Waals surface area contributed by atoms with Gasteiger partial charge in [0.15, 0.2) is 0 Å². The van der Waals surface area contributed by atoms with Crippen LogP contribution in [0.25, 0.3) is 0 Å². The highest BCUT2D eigenvalue weighted by Crippen LogP contribution is 2.47. The molecule has 0 bridgehead atoms. The summed E-state index contributed by atoms with van der Waals surface area (Å²) < 4.78 is 0. The molecule has 0 unspecified atom stereocenters. The van der Waals surface area contributed by atoms with Gasteiger partial charge in [0.05, 0.1) is 0 Å². The molecule has 1 saturated carbocycles. The number of aliphatic carboxylic acids is 1. The van der Waals surface area contributed by atoms with Crippen molar-refractivity contribution in [3.05, 3.63) is 0 Å². The zero-order valence-electron chi connectivity index (χ0n) is 7.26.